The van der Waals surface area contributed by atoms with Gasteiger partial charge in [-0.15, -0.1) is 0 Å². The first-order valence-electron chi connectivity index (χ1n) is 5.74. The van der Waals surface area contributed by atoms with Crippen LogP contribution < -0.4 is 9.46 Å². The standard InChI is InChI=1S/C12H17NO5S2/c1-8(7-19-3)13-20(16,17)11-6-9(12(14)15)4-5-10(11)18-2/h4-6,8,13H,7H2,1-3H3,(H,14,15). The van der Waals surface area contributed by atoms with E-state index in [1.54, 1.807) is 6.92 Å². The summed E-state index contributed by atoms with van der Waals surface area (Å²) in [6.45, 7) is 1.74. The number of hydrogen-bond donors (Lipinski definition) is 2. The van der Waals surface area contributed by atoms with Crippen LogP contribution in [-0.2, 0) is 10.0 Å². The Morgan fingerprint density at radius 3 is 2.65 bits per heavy atom. The molecule has 2 N–H and O–H groups in total. The summed E-state index contributed by atoms with van der Waals surface area (Å²) >= 11 is 1.51. The first kappa shape index (κ1) is 16.8. The zero-order valence-corrected chi connectivity index (χ0v) is 13.0. The average molecular weight is 319 g/mol. The second kappa shape index (κ2) is 6.96. The first-order chi connectivity index (χ1) is 9.31. The van der Waals surface area contributed by atoms with E-state index in [0.29, 0.717) is 5.75 Å². The lowest BCUT2D eigenvalue weighted by atomic mass is 10.2. The second-order valence-electron chi connectivity index (χ2n) is 4.15. The van der Waals surface area contributed by atoms with Crippen molar-refractivity contribution in [3.8, 4) is 5.75 Å². The van der Waals surface area contributed by atoms with Gasteiger partial charge in [-0.05, 0) is 31.4 Å². The van der Waals surface area contributed by atoms with Gasteiger partial charge in [0.1, 0.15) is 10.6 Å². The molecule has 8 heteroatoms. The van der Waals surface area contributed by atoms with Crippen molar-refractivity contribution in [2.24, 2.45) is 0 Å². The molecule has 0 saturated heterocycles. The Bertz CT molecular complexity index is 586. The Labute approximate surface area is 122 Å². The number of aromatic carboxylic acids is 1. The highest BCUT2D eigenvalue weighted by atomic mass is 32.2. The third-order valence-corrected chi connectivity index (χ3v) is 4.92. The highest BCUT2D eigenvalue weighted by Crippen LogP contribution is 2.25. The predicted molar refractivity (Wildman–Crippen MR) is 78.1 cm³/mol. The van der Waals surface area contributed by atoms with Crippen LogP contribution in [0.2, 0.25) is 0 Å². The van der Waals surface area contributed by atoms with Crippen molar-refractivity contribution in [3.63, 3.8) is 0 Å². The molecule has 0 aliphatic carbocycles. The summed E-state index contributed by atoms with van der Waals surface area (Å²) in [7, 11) is -2.50. The molecular weight excluding hydrogens is 302 g/mol. The molecule has 1 aromatic rings. The van der Waals surface area contributed by atoms with E-state index in [1.165, 1.54) is 31.0 Å². The molecular formula is C12H17NO5S2. The van der Waals surface area contributed by atoms with Gasteiger partial charge in [0.05, 0.1) is 12.7 Å². The SMILES string of the molecule is COc1ccc(C(=O)O)cc1S(=O)(=O)NC(C)CSC. The molecule has 6 nitrogen and oxygen atoms in total. The van der Waals surface area contributed by atoms with E-state index in [1.807, 2.05) is 6.26 Å². The van der Waals surface area contributed by atoms with Crippen LogP contribution in [-0.4, -0.2) is 44.7 Å². The van der Waals surface area contributed by atoms with Crippen molar-refractivity contribution >= 4 is 27.8 Å². The van der Waals surface area contributed by atoms with Gasteiger partial charge in [-0.1, -0.05) is 0 Å². The van der Waals surface area contributed by atoms with Crippen molar-refractivity contribution in [1.82, 2.24) is 4.72 Å². The van der Waals surface area contributed by atoms with Gasteiger partial charge in [-0.2, -0.15) is 11.8 Å². The quantitative estimate of drug-likeness (QED) is 0.789. The Morgan fingerprint density at radius 2 is 2.15 bits per heavy atom. The van der Waals surface area contributed by atoms with Crippen LogP contribution in [0.15, 0.2) is 23.1 Å². The van der Waals surface area contributed by atoms with E-state index in [-0.39, 0.29) is 22.3 Å². The molecule has 0 bridgehead atoms. The highest BCUT2D eigenvalue weighted by Gasteiger charge is 2.23. The fourth-order valence-electron chi connectivity index (χ4n) is 1.63. The fourth-order valence-corrected chi connectivity index (χ4v) is 3.76. The van der Waals surface area contributed by atoms with Crippen LogP contribution in [0.3, 0.4) is 0 Å². The molecule has 0 radical (unpaired) electrons. The summed E-state index contributed by atoms with van der Waals surface area (Å²) in [5.41, 5.74) is -0.108. The molecule has 0 fully saturated rings. The number of methoxy groups -OCH3 is 1. The van der Waals surface area contributed by atoms with E-state index in [9.17, 15) is 13.2 Å². The number of benzene rings is 1. The second-order valence-corrected chi connectivity index (χ2v) is 6.74. The number of carboxylic acids is 1. The minimum atomic E-state index is -3.83. The monoisotopic (exact) mass is 319 g/mol. The lowest BCUT2D eigenvalue weighted by Gasteiger charge is -2.15. The van der Waals surface area contributed by atoms with Gasteiger partial charge >= 0.3 is 5.97 Å². The minimum Gasteiger partial charge on any atom is -0.495 e. The van der Waals surface area contributed by atoms with Crippen LogP contribution in [0.5, 0.6) is 5.75 Å². The van der Waals surface area contributed by atoms with Gasteiger partial charge in [0.2, 0.25) is 10.0 Å². The van der Waals surface area contributed by atoms with Gasteiger partial charge in [-0.3, -0.25) is 0 Å². The van der Waals surface area contributed by atoms with Gasteiger partial charge in [-0.25, -0.2) is 17.9 Å². The molecule has 1 atom stereocenters. The summed E-state index contributed by atoms with van der Waals surface area (Å²) in [5.74, 6) is -0.472. The van der Waals surface area contributed by atoms with Crippen molar-refractivity contribution in [2.75, 3.05) is 19.1 Å². The molecule has 20 heavy (non-hydrogen) atoms. The van der Waals surface area contributed by atoms with Crippen LogP contribution in [0, 0.1) is 0 Å². The number of ether oxygens (including phenoxy) is 1. The maximum atomic E-state index is 12.3. The van der Waals surface area contributed by atoms with Crippen molar-refractivity contribution in [2.45, 2.75) is 17.9 Å². The van der Waals surface area contributed by atoms with E-state index < -0.39 is 16.0 Å². The van der Waals surface area contributed by atoms with Crippen molar-refractivity contribution in [3.05, 3.63) is 23.8 Å². The molecule has 0 aliphatic rings. The number of carboxylic acid groups (broad SMARTS) is 1. The van der Waals surface area contributed by atoms with E-state index in [0.717, 1.165) is 6.07 Å². The van der Waals surface area contributed by atoms with Gasteiger partial charge < -0.3 is 9.84 Å². The summed E-state index contributed by atoms with van der Waals surface area (Å²) in [5, 5.41) is 8.95. The van der Waals surface area contributed by atoms with Gasteiger partial charge in [0.15, 0.2) is 0 Å². The Hall–Kier alpha value is -1.25. The lowest BCUT2D eigenvalue weighted by molar-refractivity contribution is 0.0696. The maximum Gasteiger partial charge on any atom is 0.335 e. The largest absolute Gasteiger partial charge is 0.495 e. The summed E-state index contributed by atoms with van der Waals surface area (Å²) in [4.78, 5) is 10.8. The van der Waals surface area contributed by atoms with Crippen molar-refractivity contribution in [1.29, 1.82) is 0 Å². The van der Waals surface area contributed by atoms with E-state index in [2.05, 4.69) is 4.72 Å². The normalized spacial score (nSPS) is 12.9. The highest BCUT2D eigenvalue weighted by molar-refractivity contribution is 7.98. The third-order valence-electron chi connectivity index (χ3n) is 2.47. The van der Waals surface area contributed by atoms with Gasteiger partial charge in [0, 0.05) is 11.8 Å². The van der Waals surface area contributed by atoms with E-state index in [4.69, 9.17) is 9.84 Å². The molecule has 0 saturated carbocycles. The van der Waals surface area contributed by atoms with Crippen LogP contribution >= 0.6 is 11.8 Å². The topological polar surface area (TPSA) is 92.7 Å². The van der Waals surface area contributed by atoms with Crippen LogP contribution in [0.1, 0.15) is 17.3 Å². The molecule has 0 amide bonds. The number of rotatable bonds is 7. The van der Waals surface area contributed by atoms with Crippen molar-refractivity contribution < 1.29 is 23.1 Å². The molecule has 0 heterocycles. The van der Waals surface area contributed by atoms with Crippen LogP contribution in [0.25, 0.3) is 0 Å². The zero-order valence-electron chi connectivity index (χ0n) is 11.4. The Balaban J connectivity index is 3.21. The summed E-state index contributed by atoms with van der Waals surface area (Å²) in [6.07, 6.45) is 1.87. The average Bonchev–Trinajstić information content (AvgIpc) is 2.37. The van der Waals surface area contributed by atoms with Gasteiger partial charge in [0.25, 0.3) is 0 Å². The lowest BCUT2D eigenvalue weighted by Crippen LogP contribution is -2.34. The zero-order chi connectivity index (χ0) is 15.3. The minimum absolute atomic E-state index is 0.108. The molecule has 112 valence electrons. The maximum absolute atomic E-state index is 12.3. The number of sulfonamides is 1. The number of hydrogen-bond acceptors (Lipinski definition) is 5. The summed E-state index contributed by atoms with van der Waals surface area (Å²) < 4.78 is 32.0. The first-order valence-corrected chi connectivity index (χ1v) is 8.62. The molecule has 1 rings (SSSR count). The summed E-state index contributed by atoms with van der Waals surface area (Å²) in [6, 6.07) is 3.45. The molecule has 1 aromatic carbocycles. The molecule has 1 unspecified atom stereocenters. The van der Waals surface area contributed by atoms with E-state index >= 15 is 0 Å². The fraction of sp³-hybridized carbons (Fsp3) is 0.417. The third kappa shape index (κ3) is 4.12. The molecule has 0 aliphatic heterocycles. The Morgan fingerprint density at radius 1 is 1.50 bits per heavy atom. The number of thioether (sulfide) groups is 1. The molecule has 0 spiro atoms. The number of nitrogens with one attached hydrogen (secondary N) is 1. The smallest absolute Gasteiger partial charge is 0.335 e. The number of carbonyl (C=O) groups is 1. The molecule has 0 aromatic heterocycles. The Kier molecular flexibility index (Phi) is 5.85. The predicted octanol–water partition coefficient (Wildman–Crippen LogP) is 1.42. The van der Waals surface area contributed by atoms with Crippen LogP contribution in [0.4, 0.5) is 0 Å².